The second-order valence-corrected chi connectivity index (χ2v) is 7.89. The number of hydrogen-bond acceptors (Lipinski definition) is 6. The molecular formula is C19H30N6OS. The SMILES string of the molecule is CCNC(=NCCCc1nc(C(C)C)no1)N1CCN(c2cccs2)CC1. The number of hydrogen-bond donors (Lipinski definition) is 1. The van der Waals surface area contributed by atoms with Crippen LogP contribution in [0.15, 0.2) is 27.0 Å². The van der Waals surface area contributed by atoms with Crippen LogP contribution in [0.1, 0.15) is 44.8 Å². The predicted molar refractivity (Wildman–Crippen MR) is 111 cm³/mol. The zero-order valence-corrected chi connectivity index (χ0v) is 17.3. The van der Waals surface area contributed by atoms with Crippen LogP contribution in [0.5, 0.6) is 0 Å². The number of piperazine rings is 1. The van der Waals surface area contributed by atoms with Gasteiger partial charge in [-0.15, -0.1) is 11.3 Å². The molecule has 3 heterocycles. The van der Waals surface area contributed by atoms with E-state index >= 15 is 0 Å². The second kappa shape index (κ2) is 9.73. The van der Waals surface area contributed by atoms with Gasteiger partial charge in [0.15, 0.2) is 11.8 Å². The van der Waals surface area contributed by atoms with E-state index in [2.05, 4.69) is 63.5 Å². The average Bonchev–Trinajstić information content (AvgIpc) is 3.36. The molecule has 1 aliphatic heterocycles. The zero-order valence-electron chi connectivity index (χ0n) is 16.5. The number of aromatic nitrogens is 2. The van der Waals surface area contributed by atoms with Gasteiger partial charge in [0.25, 0.3) is 0 Å². The Balaban J connectivity index is 1.47. The first-order chi connectivity index (χ1) is 13.2. The van der Waals surface area contributed by atoms with Crippen LogP contribution in [0.3, 0.4) is 0 Å². The van der Waals surface area contributed by atoms with Crippen molar-refractivity contribution in [1.29, 1.82) is 0 Å². The van der Waals surface area contributed by atoms with Crippen molar-refractivity contribution in [2.75, 3.05) is 44.2 Å². The number of guanidine groups is 1. The van der Waals surface area contributed by atoms with E-state index in [0.717, 1.165) is 63.9 Å². The van der Waals surface area contributed by atoms with Crippen LogP contribution in [0.2, 0.25) is 0 Å². The molecule has 1 aliphatic rings. The topological polar surface area (TPSA) is 69.8 Å². The first-order valence-electron chi connectivity index (χ1n) is 9.81. The molecule has 0 aromatic carbocycles. The second-order valence-electron chi connectivity index (χ2n) is 6.97. The molecule has 8 heteroatoms. The molecule has 3 rings (SSSR count). The van der Waals surface area contributed by atoms with E-state index in [1.54, 1.807) is 0 Å². The van der Waals surface area contributed by atoms with E-state index in [1.165, 1.54) is 5.00 Å². The summed E-state index contributed by atoms with van der Waals surface area (Å²) >= 11 is 1.81. The summed E-state index contributed by atoms with van der Waals surface area (Å²) in [6.07, 6.45) is 1.68. The van der Waals surface area contributed by atoms with E-state index in [4.69, 9.17) is 9.52 Å². The van der Waals surface area contributed by atoms with Gasteiger partial charge in [0.2, 0.25) is 5.89 Å². The molecule has 0 radical (unpaired) electrons. The highest BCUT2D eigenvalue weighted by Crippen LogP contribution is 2.22. The van der Waals surface area contributed by atoms with Crippen LogP contribution in [0.25, 0.3) is 0 Å². The molecule has 0 spiro atoms. The van der Waals surface area contributed by atoms with E-state index in [0.29, 0.717) is 11.8 Å². The van der Waals surface area contributed by atoms with Crippen molar-refractivity contribution in [3.05, 3.63) is 29.2 Å². The Hall–Kier alpha value is -2.09. The maximum atomic E-state index is 5.30. The highest BCUT2D eigenvalue weighted by atomic mass is 32.1. The molecule has 2 aromatic rings. The smallest absolute Gasteiger partial charge is 0.226 e. The quantitative estimate of drug-likeness (QED) is 0.445. The Bertz CT molecular complexity index is 704. The molecule has 2 aromatic heterocycles. The summed E-state index contributed by atoms with van der Waals surface area (Å²) in [7, 11) is 0. The summed E-state index contributed by atoms with van der Waals surface area (Å²) in [4.78, 5) is 14.0. The fourth-order valence-electron chi connectivity index (χ4n) is 3.03. The highest BCUT2D eigenvalue weighted by Gasteiger charge is 2.20. The maximum absolute atomic E-state index is 5.30. The normalized spacial score (nSPS) is 15.6. The molecule has 0 aliphatic carbocycles. The predicted octanol–water partition coefficient (Wildman–Crippen LogP) is 2.97. The molecular weight excluding hydrogens is 360 g/mol. The lowest BCUT2D eigenvalue weighted by molar-refractivity contribution is 0.367. The minimum Gasteiger partial charge on any atom is -0.360 e. The summed E-state index contributed by atoms with van der Waals surface area (Å²) in [6.45, 7) is 11.9. The van der Waals surface area contributed by atoms with Crippen LogP contribution < -0.4 is 10.2 Å². The van der Waals surface area contributed by atoms with Gasteiger partial charge < -0.3 is 19.6 Å². The summed E-state index contributed by atoms with van der Waals surface area (Å²) < 4.78 is 5.30. The third-order valence-electron chi connectivity index (χ3n) is 4.54. The third kappa shape index (κ3) is 5.45. The van der Waals surface area contributed by atoms with Gasteiger partial charge in [-0.3, -0.25) is 4.99 Å². The van der Waals surface area contributed by atoms with Crippen LogP contribution in [0, 0.1) is 0 Å². The van der Waals surface area contributed by atoms with Gasteiger partial charge >= 0.3 is 0 Å². The fraction of sp³-hybridized carbons (Fsp3) is 0.632. The number of aliphatic imine (C=N–C) groups is 1. The van der Waals surface area contributed by atoms with E-state index < -0.39 is 0 Å². The first-order valence-corrected chi connectivity index (χ1v) is 10.7. The lowest BCUT2D eigenvalue weighted by atomic mass is 10.2. The Morgan fingerprint density at radius 1 is 1.33 bits per heavy atom. The van der Waals surface area contributed by atoms with Gasteiger partial charge in [-0.25, -0.2) is 0 Å². The van der Waals surface area contributed by atoms with E-state index in [-0.39, 0.29) is 0 Å². The maximum Gasteiger partial charge on any atom is 0.226 e. The molecule has 148 valence electrons. The minimum atomic E-state index is 0.300. The number of aryl methyl sites for hydroxylation is 1. The molecule has 27 heavy (non-hydrogen) atoms. The third-order valence-corrected chi connectivity index (χ3v) is 5.47. The monoisotopic (exact) mass is 390 g/mol. The number of anilines is 1. The summed E-state index contributed by atoms with van der Waals surface area (Å²) in [6, 6.07) is 4.31. The van der Waals surface area contributed by atoms with Crippen LogP contribution in [-0.2, 0) is 6.42 Å². The molecule has 0 unspecified atom stereocenters. The van der Waals surface area contributed by atoms with Crippen molar-refractivity contribution in [1.82, 2.24) is 20.4 Å². The molecule has 1 fully saturated rings. The largest absolute Gasteiger partial charge is 0.360 e. The average molecular weight is 391 g/mol. The molecule has 1 saturated heterocycles. The summed E-state index contributed by atoms with van der Waals surface area (Å²) in [5.74, 6) is 2.80. The van der Waals surface area contributed by atoms with Crippen LogP contribution >= 0.6 is 11.3 Å². The molecule has 1 N–H and O–H groups in total. The van der Waals surface area contributed by atoms with Gasteiger partial charge in [0.1, 0.15) is 0 Å². The van der Waals surface area contributed by atoms with Gasteiger partial charge in [-0.2, -0.15) is 4.98 Å². The van der Waals surface area contributed by atoms with Crippen molar-refractivity contribution >= 4 is 22.3 Å². The standard InChI is InChI=1S/C19H30N6OS/c1-4-20-19(21-9-5-7-16-22-18(15(2)3)23-26-16)25-12-10-24(11-13-25)17-8-6-14-27-17/h6,8,14-15H,4-5,7,9-13H2,1-3H3,(H,20,21). The minimum absolute atomic E-state index is 0.300. The first kappa shape index (κ1) is 19.7. The van der Waals surface area contributed by atoms with Crippen LogP contribution in [0.4, 0.5) is 5.00 Å². The highest BCUT2D eigenvalue weighted by molar-refractivity contribution is 7.14. The number of rotatable bonds is 7. The Morgan fingerprint density at radius 3 is 2.78 bits per heavy atom. The van der Waals surface area contributed by atoms with Crippen LogP contribution in [-0.4, -0.2) is 60.3 Å². The van der Waals surface area contributed by atoms with Crippen molar-refractivity contribution < 1.29 is 4.52 Å². The summed E-state index contributed by atoms with van der Waals surface area (Å²) in [5.41, 5.74) is 0. The van der Waals surface area contributed by atoms with E-state index in [1.807, 2.05) is 11.3 Å². The molecule has 0 saturated carbocycles. The lowest BCUT2D eigenvalue weighted by Gasteiger charge is -2.37. The molecule has 7 nitrogen and oxygen atoms in total. The van der Waals surface area contributed by atoms with Gasteiger partial charge in [0, 0.05) is 51.6 Å². The van der Waals surface area contributed by atoms with Crippen molar-refractivity contribution in [2.24, 2.45) is 4.99 Å². The molecule has 0 bridgehead atoms. The van der Waals surface area contributed by atoms with Crippen molar-refractivity contribution in [2.45, 2.75) is 39.5 Å². The zero-order chi connectivity index (χ0) is 19.1. The number of thiophene rings is 1. The molecule has 0 amide bonds. The summed E-state index contributed by atoms with van der Waals surface area (Å²) in [5, 5.41) is 10.9. The number of nitrogens with one attached hydrogen (secondary N) is 1. The van der Waals surface area contributed by atoms with E-state index in [9.17, 15) is 0 Å². The fourth-order valence-corrected chi connectivity index (χ4v) is 3.82. The van der Waals surface area contributed by atoms with Gasteiger partial charge in [-0.05, 0) is 30.9 Å². The Labute approximate surface area is 165 Å². The van der Waals surface area contributed by atoms with Gasteiger partial charge in [0.05, 0.1) is 5.00 Å². The Kier molecular flexibility index (Phi) is 7.09. The van der Waals surface area contributed by atoms with Gasteiger partial charge in [-0.1, -0.05) is 19.0 Å². The van der Waals surface area contributed by atoms with Crippen molar-refractivity contribution in [3.63, 3.8) is 0 Å². The lowest BCUT2D eigenvalue weighted by Crippen LogP contribution is -2.52. The number of nitrogens with zero attached hydrogens (tertiary/aromatic N) is 5. The van der Waals surface area contributed by atoms with Crippen molar-refractivity contribution in [3.8, 4) is 0 Å². The Morgan fingerprint density at radius 2 is 2.15 bits per heavy atom. The molecule has 0 atom stereocenters.